The van der Waals surface area contributed by atoms with Crippen molar-refractivity contribution in [2.24, 2.45) is 10.2 Å². The summed E-state index contributed by atoms with van der Waals surface area (Å²) in [5.74, 6) is -1.73. The normalized spacial score (nSPS) is 14.4. The van der Waals surface area contributed by atoms with Gasteiger partial charge in [0.05, 0.1) is 26.0 Å². The molecule has 1 saturated heterocycles. The van der Waals surface area contributed by atoms with Gasteiger partial charge in [-0.2, -0.15) is 5.10 Å². The molecule has 2 unspecified atom stereocenters. The number of carbonyl (C=O) groups is 1. The number of hydrogen-bond donors (Lipinski definition) is 0. The van der Waals surface area contributed by atoms with E-state index in [1.54, 1.807) is 24.4 Å². The summed E-state index contributed by atoms with van der Waals surface area (Å²) in [5, 5.41) is 12.7. The van der Waals surface area contributed by atoms with Crippen LogP contribution in [0.1, 0.15) is 79.7 Å². The Hall–Kier alpha value is -6.81. The van der Waals surface area contributed by atoms with Crippen molar-refractivity contribution in [2.75, 3.05) is 26.4 Å². The van der Waals surface area contributed by atoms with Crippen LogP contribution in [0.5, 0.6) is 11.5 Å². The first kappa shape index (κ1) is 44.8. The van der Waals surface area contributed by atoms with Crippen molar-refractivity contribution in [3.8, 4) is 22.6 Å². The van der Waals surface area contributed by atoms with Gasteiger partial charge in [-0.05, 0) is 112 Å². The van der Waals surface area contributed by atoms with Gasteiger partial charge in [0.15, 0.2) is 23.1 Å². The first-order valence-electron chi connectivity index (χ1n) is 22.4. The minimum Gasteiger partial charge on any atom is -0.491 e. The molecule has 1 fully saturated rings. The predicted octanol–water partition coefficient (Wildman–Crippen LogP) is 13.3. The number of halogens is 2. The van der Waals surface area contributed by atoms with Crippen LogP contribution in [0.2, 0.25) is 0 Å². The summed E-state index contributed by atoms with van der Waals surface area (Å²) in [4.78, 5) is 12.8. The largest absolute Gasteiger partial charge is 0.491 e. The molecule has 330 valence electrons. The Kier molecular flexibility index (Phi) is 15.0. The minimum atomic E-state index is -0.795. The molecule has 0 aliphatic carbocycles. The summed E-state index contributed by atoms with van der Waals surface area (Å²) in [5.41, 5.74) is 6.93. The molecule has 8 rings (SSSR count). The predicted molar refractivity (Wildman–Crippen MR) is 257 cm³/mol. The van der Waals surface area contributed by atoms with Crippen molar-refractivity contribution >= 4 is 45.5 Å². The quantitative estimate of drug-likeness (QED) is 0.0145. The standard InChI is InChI=1S/C56H52F2N2O5/c1-3-38(2)42-21-24-49(47(32-42)35-59-60-56(41-14-7-6-8-15-41)46-20-19-40-13-9-10-16-43(40)33-46)44-22-25-50-45(34-44)23-27-53(55(50)58)65-54(61)28-18-39-17-26-52(51(57)31-39)63-30-12-5-4-11-29-62-36-48-37-64-48/h6-10,13-28,31-35,38,48H,3-5,11-12,29-30,36-37H2,1-2H3/b28-18+,59-35+,60-56+. The van der Waals surface area contributed by atoms with Crippen LogP contribution < -0.4 is 9.47 Å². The zero-order valence-corrected chi connectivity index (χ0v) is 36.7. The second-order valence-electron chi connectivity index (χ2n) is 16.3. The van der Waals surface area contributed by atoms with Crippen molar-refractivity contribution in [1.82, 2.24) is 0 Å². The van der Waals surface area contributed by atoms with E-state index >= 15 is 4.39 Å². The van der Waals surface area contributed by atoms with E-state index in [9.17, 15) is 9.18 Å². The number of rotatable bonds is 20. The summed E-state index contributed by atoms with van der Waals surface area (Å²) in [6.45, 7) is 6.93. The highest BCUT2D eigenvalue weighted by Gasteiger charge is 2.22. The first-order valence-corrected chi connectivity index (χ1v) is 22.4. The molecule has 0 bridgehead atoms. The summed E-state index contributed by atoms with van der Waals surface area (Å²) in [6, 6.07) is 44.0. The van der Waals surface area contributed by atoms with Gasteiger partial charge >= 0.3 is 5.97 Å². The maximum atomic E-state index is 15.9. The van der Waals surface area contributed by atoms with Crippen LogP contribution in [0.3, 0.4) is 0 Å². The highest BCUT2D eigenvalue weighted by atomic mass is 19.1. The Morgan fingerprint density at radius 3 is 2.34 bits per heavy atom. The van der Waals surface area contributed by atoms with E-state index in [0.29, 0.717) is 42.1 Å². The van der Waals surface area contributed by atoms with Gasteiger partial charge in [0, 0.05) is 34.8 Å². The maximum Gasteiger partial charge on any atom is 0.336 e. The molecule has 0 spiro atoms. The fourth-order valence-electron chi connectivity index (χ4n) is 7.64. The number of nitrogens with zero attached hydrogens (tertiary/aromatic N) is 2. The van der Waals surface area contributed by atoms with E-state index in [1.807, 2.05) is 54.6 Å². The molecular weight excluding hydrogens is 819 g/mol. The molecule has 1 aliphatic rings. The van der Waals surface area contributed by atoms with Gasteiger partial charge in [-0.15, -0.1) is 5.10 Å². The Morgan fingerprint density at radius 1 is 0.769 bits per heavy atom. The van der Waals surface area contributed by atoms with E-state index < -0.39 is 17.6 Å². The molecule has 9 heteroatoms. The molecule has 0 radical (unpaired) electrons. The molecule has 1 aliphatic heterocycles. The van der Waals surface area contributed by atoms with Crippen molar-refractivity contribution in [1.29, 1.82) is 0 Å². The van der Waals surface area contributed by atoms with Crippen LogP contribution in [0, 0.1) is 11.6 Å². The number of esters is 1. The number of epoxide rings is 1. The van der Waals surface area contributed by atoms with E-state index in [-0.39, 0.29) is 17.6 Å². The lowest BCUT2D eigenvalue weighted by Gasteiger charge is -2.14. The monoisotopic (exact) mass is 870 g/mol. The Labute approximate surface area is 379 Å². The SMILES string of the molecule is CCC(C)c1ccc(-c2ccc3c(F)c(OC(=O)/C=C/c4ccc(OCCCCCCOCC5CO5)c(F)c4)ccc3c2)c(/C=N/N=C(\c2ccccc2)c2ccc3ccccc3c2)c1. The topological polar surface area (TPSA) is 82.0 Å². The lowest BCUT2D eigenvalue weighted by molar-refractivity contribution is -0.129. The van der Waals surface area contributed by atoms with Crippen LogP contribution >= 0.6 is 0 Å². The van der Waals surface area contributed by atoms with Gasteiger partial charge in [0.1, 0.15) is 11.8 Å². The van der Waals surface area contributed by atoms with Crippen molar-refractivity contribution in [2.45, 2.75) is 58.0 Å². The van der Waals surface area contributed by atoms with Crippen molar-refractivity contribution in [3.05, 3.63) is 185 Å². The van der Waals surface area contributed by atoms with E-state index in [1.165, 1.54) is 29.8 Å². The molecule has 65 heavy (non-hydrogen) atoms. The van der Waals surface area contributed by atoms with E-state index in [0.717, 1.165) is 89.1 Å². The number of benzene rings is 7. The maximum absolute atomic E-state index is 15.9. The fraction of sp³-hybridized carbons (Fsp3) is 0.232. The van der Waals surface area contributed by atoms with Crippen molar-refractivity contribution in [3.63, 3.8) is 0 Å². The van der Waals surface area contributed by atoms with Crippen LogP contribution in [-0.4, -0.2) is 50.4 Å². The number of fused-ring (bicyclic) bond motifs is 2. The lowest BCUT2D eigenvalue weighted by atomic mass is 9.91. The number of unbranched alkanes of at least 4 members (excludes halogenated alkanes) is 3. The summed E-state index contributed by atoms with van der Waals surface area (Å²) in [7, 11) is 0. The second kappa shape index (κ2) is 21.7. The molecular formula is C56H52F2N2O5. The van der Waals surface area contributed by atoms with Gasteiger partial charge in [0.25, 0.3) is 0 Å². The minimum absolute atomic E-state index is 0.144. The van der Waals surface area contributed by atoms with Gasteiger partial charge in [0.2, 0.25) is 0 Å². The third-order valence-electron chi connectivity index (χ3n) is 11.6. The third-order valence-corrected chi connectivity index (χ3v) is 11.6. The van der Waals surface area contributed by atoms with E-state index in [4.69, 9.17) is 29.2 Å². The lowest BCUT2D eigenvalue weighted by Crippen LogP contribution is -2.05. The van der Waals surface area contributed by atoms with E-state index in [2.05, 4.69) is 62.4 Å². The first-order chi connectivity index (χ1) is 31.8. The van der Waals surface area contributed by atoms with Crippen LogP contribution in [0.15, 0.2) is 156 Å². The van der Waals surface area contributed by atoms with Crippen LogP contribution in [0.4, 0.5) is 8.78 Å². The Morgan fingerprint density at radius 2 is 1.54 bits per heavy atom. The highest BCUT2D eigenvalue weighted by Crippen LogP contribution is 2.33. The summed E-state index contributed by atoms with van der Waals surface area (Å²) >= 11 is 0. The molecule has 2 atom stereocenters. The van der Waals surface area contributed by atoms with Gasteiger partial charge in [-0.3, -0.25) is 0 Å². The highest BCUT2D eigenvalue weighted by molar-refractivity contribution is 6.14. The molecule has 7 nitrogen and oxygen atoms in total. The summed E-state index contributed by atoms with van der Waals surface area (Å²) < 4.78 is 52.5. The zero-order valence-electron chi connectivity index (χ0n) is 36.7. The van der Waals surface area contributed by atoms with Crippen LogP contribution in [0.25, 0.3) is 38.7 Å². The molecule has 1 heterocycles. The van der Waals surface area contributed by atoms with Gasteiger partial charge in [-0.25, -0.2) is 13.6 Å². The average Bonchev–Trinajstić information content (AvgIpc) is 4.17. The Balaban J connectivity index is 0.944. The van der Waals surface area contributed by atoms with Gasteiger partial charge in [-0.1, -0.05) is 123 Å². The molecule has 7 aromatic rings. The molecule has 7 aromatic carbocycles. The third kappa shape index (κ3) is 11.9. The average molecular weight is 871 g/mol. The van der Waals surface area contributed by atoms with Gasteiger partial charge < -0.3 is 18.9 Å². The Bertz CT molecular complexity index is 2850. The second-order valence-corrected chi connectivity index (χ2v) is 16.3. The molecule has 0 amide bonds. The number of ether oxygens (including phenoxy) is 4. The smallest absolute Gasteiger partial charge is 0.336 e. The summed E-state index contributed by atoms with van der Waals surface area (Å²) in [6.07, 6.45) is 9.34. The molecule has 0 saturated carbocycles. The van der Waals surface area contributed by atoms with Crippen molar-refractivity contribution < 1.29 is 32.5 Å². The number of hydrogen-bond acceptors (Lipinski definition) is 7. The number of carbonyl (C=O) groups excluding carboxylic acids is 1. The molecule has 0 aromatic heterocycles. The zero-order chi connectivity index (χ0) is 45.0. The molecule has 0 N–H and O–H groups in total. The van der Waals surface area contributed by atoms with Crippen LogP contribution in [-0.2, 0) is 14.3 Å². The fourth-order valence-corrected chi connectivity index (χ4v) is 7.64.